The van der Waals surface area contributed by atoms with Gasteiger partial charge >= 0.3 is 6.09 Å². The molecule has 160 valence electrons. The minimum atomic E-state index is -3.86. The summed E-state index contributed by atoms with van der Waals surface area (Å²) in [6, 6.07) is 10.4. The van der Waals surface area contributed by atoms with Gasteiger partial charge in [-0.2, -0.15) is 0 Å². The summed E-state index contributed by atoms with van der Waals surface area (Å²) in [5.41, 5.74) is 0.664. The fourth-order valence-electron chi connectivity index (χ4n) is 3.12. The number of carbonyl (C=O) groups is 2. The molecular formula is C20H22FN3O5S. The van der Waals surface area contributed by atoms with Crippen LogP contribution >= 0.6 is 0 Å². The van der Waals surface area contributed by atoms with Crippen molar-refractivity contribution in [3.8, 4) is 0 Å². The zero-order chi connectivity index (χ0) is 21.7. The Morgan fingerprint density at radius 3 is 2.20 bits per heavy atom. The summed E-state index contributed by atoms with van der Waals surface area (Å²) >= 11 is 0. The largest absolute Gasteiger partial charge is 0.453 e. The summed E-state index contributed by atoms with van der Waals surface area (Å²) in [6.45, 7) is 1.00. The van der Waals surface area contributed by atoms with Crippen molar-refractivity contribution in [3.05, 3.63) is 59.9 Å². The van der Waals surface area contributed by atoms with E-state index in [-0.39, 0.29) is 28.6 Å². The molecule has 2 N–H and O–H groups in total. The van der Waals surface area contributed by atoms with Crippen LogP contribution in [-0.4, -0.2) is 51.6 Å². The van der Waals surface area contributed by atoms with Crippen LogP contribution in [0.25, 0.3) is 0 Å². The quantitative estimate of drug-likeness (QED) is 0.751. The number of anilines is 1. The van der Waals surface area contributed by atoms with Crippen molar-refractivity contribution in [3.63, 3.8) is 0 Å². The standard InChI is InChI=1S/C20H22FN3O5S/c1-29-20(26)24-12-10-16(11-13-24)22-19(25)14-2-6-17(7-3-14)23-30(27,28)18-8-4-15(21)5-9-18/h2-9,16,23H,10-13H2,1H3,(H,22,25). The molecular weight excluding hydrogens is 413 g/mol. The van der Waals surface area contributed by atoms with Gasteiger partial charge in [-0.1, -0.05) is 0 Å². The van der Waals surface area contributed by atoms with Gasteiger partial charge in [0.05, 0.1) is 12.0 Å². The molecule has 1 heterocycles. The van der Waals surface area contributed by atoms with Crippen LogP contribution in [0.4, 0.5) is 14.9 Å². The van der Waals surface area contributed by atoms with Gasteiger partial charge in [0, 0.05) is 30.4 Å². The van der Waals surface area contributed by atoms with Crippen LogP contribution in [0.15, 0.2) is 53.4 Å². The zero-order valence-electron chi connectivity index (χ0n) is 16.3. The number of halogens is 1. The summed E-state index contributed by atoms with van der Waals surface area (Å²) in [5, 5.41) is 2.92. The van der Waals surface area contributed by atoms with Crippen molar-refractivity contribution < 1.29 is 27.1 Å². The van der Waals surface area contributed by atoms with Crippen LogP contribution in [-0.2, 0) is 14.8 Å². The number of hydrogen-bond acceptors (Lipinski definition) is 5. The number of sulfonamides is 1. The lowest BCUT2D eigenvalue weighted by Gasteiger charge is -2.31. The van der Waals surface area contributed by atoms with Crippen LogP contribution in [0.1, 0.15) is 23.2 Å². The molecule has 2 aromatic carbocycles. The summed E-state index contributed by atoms with van der Waals surface area (Å²) in [4.78, 5) is 25.5. The van der Waals surface area contributed by atoms with Gasteiger partial charge in [0.25, 0.3) is 15.9 Å². The summed E-state index contributed by atoms with van der Waals surface area (Å²) < 4.78 is 44.7. The number of rotatable bonds is 5. The molecule has 0 unspecified atom stereocenters. The highest BCUT2D eigenvalue weighted by Gasteiger charge is 2.24. The van der Waals surface area contributed by atoms with Crippen molar-refractivity contribution in [2.75, 3.05) is 24.9 Å². The maximum Gasteiger partial charge on any atom is 0.409 e. The summed E-state index contributed by atoms with van der Waals surface area (Å²) in [7, 11) is -2.53. The SMILES string of the molecule is COC(=O)N1CCC(NC(=O)c2ccc(NS(=O)(=O)c3ccc(F)cc3)cc2)CC1. The van der Waals surface area contributed by atoms with Crippen molar-refractivity contribution in [2.45, 2.75) is 23.8 Å². The predicted octanol–water partition coefficient (Wildman–Crippen LogP) is 2.59. The number of nitrogens with zero attached hydrogens (tertiary/aromatic N) is 1. The van der Waals surface area contributed by atoms with Crippen LogP contribution in [0, 0.1) is 5.82 Å². The highest BCUT2D eigenvalue weighted by Crippen LogP contribution is 2.18. The Kier molecular flexibility index (Phi) is 6.56. The summed E-state index contributed by atoms with van der Waals surface area (Å²) in [6.07, 6.45) is 0.866. The monoisotopic (exact) mass is 435 g/mol. The van der Waals surface area contributed by atoms with Gasteiger partial charge in [-0.15, -0.1) is 0 Å². The van der Waals surface area contributed by atoms with Gasteiger partial charge in [-0.3, -0.25) is 9.52 Å². The maximum absolute atomic E-state index is 13.0. The third kappa shape index (κ3) is 5.26. The Bertz CT molecular complexity index is 1000. The van der Waals surface area contributed by atoms with Gasteiger partial charge in [-0.05, 0) is 61.4 Å². The number of carbonyl (C=O) groups excluding carboxylic acids is 2. The molecule has 0 aliphatic carbocycles. The molecule has 3 rings (SSSR count). The zero-order valence-corrected chi connectivity index (χ0v) is 17.1. The van der Waals surface area contributed by atoms with Crippen molar-refractivity contribution in [1.29, 1.82) is 0 Å². The molecule has 0 saturated carbocycles. The molecule has 30 heavy (non-hydrogen) atoms. The Balaban J connectivity index is 1.57. The van der Waals surface area contributed by atoms with Crippen molar-refractivity contribution >= 4 is 27.7 Å². The number of likely N-dealkylation sites (tertiary alicyclic amines) is 1. The Hall–Kier alpha value is -3.14. The second-order valence-corrected chi connectivity index (χ2v) is 8.52. The van der Waals surface area contributed by atoms with Crippen LogP contribution in [0.5, 0.6) is 0 Å². The topological polar surface area (TPSA) is 105 Å². The lowest BCUT2D eigenvalue weighted by Crippen LogP contribution is -2.46. The Morgan fingerprint density at radius 2 is 1.63 bits per heavy atom. The minimum Gasteiger partial charge on any atom is -0.453 e. The smallest absolute Gasteiger partial charge is 0.409 e. The molecule has 0 radical (unpaired) electrons. The van der Waals surface area contributed by atoms with Gasteiger partial charge in [0.15, 0.2) is 0 Å². The number of benzene rings is 2. The fraction of sp³-hybridized carbons (Fsp3) is 0.300. The number of methoxy groups -OCH3 is 1. The third-order valence-corrected chi connectivity index (χ3v) is 6.18. The molecule has 1 fully saturated rings. The van der Waals surface area contributed by atoms with Crippen LogP contribution in [0.2, 0.25) is 0 Å². The van der Waals surface area contributed by atoms with E-state index in [9.17, 15) is 22.4 Å². The predicted molar refractivity (Wildman–Crippen MR) is 108 cm³/mol. The molecule has 2 amide bonds. The van der Waals surface area contributed by atoms with Crippen molar-refractivity contribution in [2.24, 2.45) is 0 Å². The van der Waals surface area contributed by atoms with Crippen LogP contribution < -0.4 is 10.0 Å². The molecule has 1 aliphatic heterocycles. The molecule has 1 saturated heterocycles. The van der Waals surface area contributed by atoms with E-state index in [1.807, 2.05) is 0 Å². The minimum absolute atomic E-state index is 0.0601. The van der Waals surface area contributed by atoms with Gasteiger partial charge in [0.1, 0.15) is 5.82 Å². The second kappa shape index (κ2) is 9.12. The second-order valence-electron chi connectivity index (χ2n) is 6.84. The van der Waals surface area contributed by atoms with E-state index in [1.54, 1.807) is 4.90 Å². The molecule has 1 aliphatic rings. The van der Waals surface area contributed by atoms with E-state index in [0.717, 1.165) is 12.1 Å². The number of amides is 2. The van der Waals surface area contributed by atoms with E-state index >= 15 is 0 Å². The highest BCUT2D eigenvalue weighted by atomic mass is 32.2. The number of piperidine rings is 1. The van der Waals surface area contributed by atoms with E-state index in [0.29, 0.717) is 31.5 Å². The molecule has 0 atom stereocenters. The lowest BCUT2D eigenvalue weighted by atomic mass is 10.0. The first kappa shape index (κ1) is 21.6. The number of ether oxygens (including phenoxy) is 1. The van der Waals surface area contributed by atoms with Gasteiger partial charge < -0.3 is 15.0 Å². The first-order chi connectivity index (χ1) is 14.3. The maximum atomic E-state index is 13.0. The van der Waals surface area contributed by atoms with E-state index < -0.39 is 15.8 Å². The Morgan fingerprint density at radius 1 is 1.03 bits per heavy atom. The first-order valence-corrected chi connectivity index (χ1v) is 10.8. The highest BCUT2D eigenvalue weighted by molar-refractivity contribution is 7.92. The lowest BCUT2D eigenvalue weighted by molar-refractivity contribution is 0.0892. The number of hydrogen-bond donors (Lipinski definition) is 2. The molecule has 0 aromatic heterocycles. The molecule has 2 aromatic rings. The third-order valence-electron chi connectivity index (χ3n) is 4.79. The van der Waals surface area contributed by atoms with Gasteiger partial charge in [0.2, 0.25) is 0 Å². The van der Waals surface area contributed by atoms with Crippen LogP contribution in [0.3, 0.4) is 0 Å². The van der Waals surface area contributed by atoms with Gasteiger partial charge in [-0.25, -0.2) is 17.6 Å². The molecule has 8 nitrogen and oxygen atoms in total. The summed E-state index contributed by atoms with van der Waals surface area (Å²) in [5.74, 6) is -0.806. The first-order valence-electron chi connectivity index (χ1n) is 9.31. The fourth-order valence-corrected chi connectivity index (χ4v) is 4.18. The van der Waals surface area contributed by atoms with E-state index in [1.165, 1.54) is 43.5 Å². The number of nitrogens with one attached hydrogen (secondary N) is 2. The Labute approximate surface area is 174 Å². The average Bonchev–Trinajstić information content (AvgIpc) is 2.74. The molecule has 0 bridgehead atoms. The average molecular weight is 435 g/mol. The van der Waals surface area contributed by atoms with E-state index in [4.69, 9.17) is 0 Å². The normalized spacial score (nSPS) is 14.8. The van der Waals surface area contributed by atoms with E-state index in [2.05, 4.69) is 14.8 Å². The molecule has 10 heteroatoms. The van der Waals surface area contributed by atoms with Crippen molar-refractivity contribution in [1.82, 2.24) is 10.2 Å². The molecule has 0 spiro atoms.